The third-order valence-corrected chi connectivity index (χ3v) is 9.46. The summed E-state index contributed by atoms with van der Waals surface area (Å²) in [6.07, 6.45) is 19.8. The highest BCUT2D eigenvalue weighted by Crippen LogP contribution is 2.27. The molecule has 0 aliphatic carbocycles. The van der Waals surface area contributed by atoms with Crippen molar-refractivity contribution in [1.82, 2.24) is 9.55 Å². The van der Waals surface area contributed by atoms with Gasteiger partial charge < -0.3 is 4.57 Å². The van der Waals surface area contributed by atoms with Crippen LogP contribution in [0.15, 0.2) is 28.3 Å². The molecule has 1 aromatic carbocycles. The van der Waals surface area contributed by atoms with E-state index in [9.17, 15) is 21.4 Å². The topological polar surface area (TPSA) is 127 Å². The standard InChI is InChI=1S/C27H46N2O6S3/c1-2-3-4-5-6-7-8-9-10-11-12-13-14-15-16-21-36-27-28-25-23-24(38(33,34)35)18-19-26(25)29(27)20-17-22-37(30,31)32/h18-19,23H,2-17,20-22H2,1H3,(H,30,31,32)(H,33,34,35). The van der Waals surface area contributed by atoms with Gasteiger partial charge in [-0.15, -0.1) is 0 Å². The van der Waals surface area contributed by atoms with Gasteiger partial charge in [-0.2, -0.15) is 16.8 Å². The molecule has 0 bridgehead atoms. The summed E-state index contributed by atoms with van der Waals surface area (Å²) in [5.41, 5.74) is 1.08. The van der Waals surface area contributed by atoms with E-state index < -0.39 is 20.2 Å². The van der Waals surface area contributed by atoms with E-state index in [2.05, 4.69) is 11.9 Å². The number of aryl methyl sites for hydroxylation is 1. The first kappa shape index (κ1) is 33.1. The molecule has 1 heterocycles. The van der Waals surface area contributed by atoms with Gasteiger partial charge in [0.05, 0.1) is 21.7 Å². The van der Waals surface area contributed by atoms with Crippen molar-refractivity contribution >= 4 is 43.0 Å². The Kier molecular flexibility index (Phi) is 15.3. The number of aromatic nitrogens is 2. The number of hydrogen-bond donors (Lipinski definition) is 2. The van der Waals surface area contributed by atoms with Crippen LogP contribution in [0.2, 0.25) is 0 Å². The molecule has 11 heteroatoms. The second-order valence-electron chi connectivity index (χ2n) is 10.1. The SMILES string of the molecule is CCCCCCCCCCCCCCCCCSc1nc2cc(S(=O)(=O)O)ccc2n1CCCS(=O)(=O)O. The van der Waals surface area contributed by atoms with E-state index in [1.165, 1.54) is 95.6 Å². The number of unbranched alkanes of at least 4 members (excludes halogenated alkanes) is 14. The summed E-state index contributed by atoms with van der Waals surface area (Å²) in [6.45, 7) is 2.58. The first-order valence-corrected chi connectivity index (χ1v) is 18.2. The maximum Gasteiger partial charge on any atom is 0.294 e. The van der Waals surface area contributed by atoms with Crippen LogP contribution in [-0.4, -0.2) is 47.0 Å². The van der Waals surface area contributed by atoms with Crippen LogP contribution in [0, 0.1) is 0 Å². The lowest BCUT2D eigenvalue weighted by Gasteiger charge is -2.09. The molecular weight excluding hydrogens is 545 g/mol. The van der Waals surface area contributed by atoms with E-state index >= 15 is 0 Å². The molecule has 0 fully saturated rings. The summed E-state index contributed by atoms with van der Waals surface area (Å²) in [5, 5.41) is 0.674. The second-order valence-corrected chi connectivity index (χ2v) is 14.2. The predicted octanol–water partition coefficient (Wildman–Crippen LogP) is 7.52. The molecule has 0 aliphatic heterocycles. The van der Waals surface area contributed by atoms with E-state index in [1.54, 1.807) is 17.8 Å². The zero-order chi connectivity index (χ0) is 27.9. The van der Waals surface area contributed by atoms with Crippen molar-refractivity contribution in [3.63, 3.8) is 0 Å². The number of benzene rings is 1. The van der Waals surface area contributed by atoms with Crippen molar-refractivity contribution in [3.8, 4) is 0 Å². The monoisotopic (exact) mass is 590 g/mol. The highest BCUT2D eigenvalue weighted by atomic mass is 32.2. The molecule has 1 aromatic heterocycles. The van der Waals surface area contributed by atoms with Crippen LogP contribution in [0.5, 0.6) is 0 Å². The molecule has 218 valence electrons. The van der Waals surface area contributed by atoms with Crippen LogP contribution < -0.4 is 0 Å². The predicted molar refractivity (Wildman–Crippen MR) is 156 cm³/mol. The minimum atomic E-state index is -4.35. The van der Waals surface area contributed by atoms with Crippen molar-refractivity contribution in [2.75, 3.05) is 11.5 Å². The normalized spacial score (nSPS) is 12.5. The maximum atomic E-state index is 11.5. The first-order valence-electron chi connectivity index (χ1n) is 14.2. The Labute approximate surface area is 233 Å². The Balaban J connectivity index is 1.70. The van der Waals surface area contributed by atoms with Crippen molar-refractivity contribution in [2.24, 2.45) is 0 Å². The van der Waals surface area contributed by atoms with Gasteiger partial charge in [-0.05, 0) is 31.0 Å². The fraction of sp³-hybridized carbons (Fsp3) is 0.741. The molecule has 2 N–H and O–H groups in total. The Hall–Kier alpha value is -1.14. The first-order chi connectivity index (χ1) is 18.1. The summed E-state index contributed by atoms with van der Waals surface area (Å²) in [4.78, 5) is 4.32. The fourth-order valence-electron chi connectivity index (χ4n) is 4.62. The average Bonchev–Trinajstić information content (AvgIpc) is 3.19. The summed E-state index contributed by atoms with van der Waals surface area (Å²) < 4.78 is 65.5. The third kappa shape index (κ3) is 13.3. The molecule has 0 aliphatic rings. The molecule has 2 aromatic rings. The van der Waals surface area contributed by atoms with Gasteiger partial charge in [0.2, 0.25) is 0 Å². The molecule has 0 radical (unpaired) electrons. The van der Waals surface area contributed by atoms with Gasteiger partial charge in [0.25, 0.3) is 20.2 Å². The number of nitrogens with zero attached hydrogens (tertiary/aromatic N) is 2. The smallest absolute Gasteiger partial charge is 0.294 e. The van der Waals surface area contributed by atoms with Gasteiger partial charge in [0.1, 0.15) is 0 Å². The molecule has 0 saturated heterocycles. The molecular formula is C27H46N2O6S3. The maximum absolute atomic E-state index is 11.5. The van der Waals surface area contributed by atoms with Crippen molar-refractivity contribution < 1.29 is 25.9 Å². The molecule has 0 unspecified atom stereocenters. The molecule has 38 heavy (non-hydrogen) atoms. The minimum absolute atomic E-state index is 0.205. The van der Waals surface area contributed by atoms with Crippen LogP contribution in [0.3, 0.4) is 0 Å². The minimum Gasteiger partial charge on any atom is -0.319 e. The van der Waals surface area contributed by atoms with E-state index in [0.29, 0.717) is 22.7 Å². The van der Waals surface area contributed by atoms with E-state index in [-0.39, 0.29) is 17.1 Å². The number of imidazole rings is 1. The zero-order valence-electron chi connectivity index (χ0n) is 22.8. The van der Waals surface area contributed by atoms with Gasteiger partial charge in [0, 0.05) is 12.3 Å². The molecule has 8 nitrogen and oxygen atoms in total. The average molecular weight is 591 g/mol. The molecule has 0 saturated carbocycles. The number of thioether (sulfide) groups is 1. The van der Waals surface area contributed by atoms with E-state index in [0.717, 1.165) is 18.6 Å². The van der Waals surface area contributed by atoms with Crippen molar-refractivity contribution in [2.45, 2.75) is 126 Å². The van der Waals surface area contributed by atoms with Gasteiger partial charge in [-0.3, -0.25) is 9.11 Å². The van der Waals surface area contributed by atoms with Gasteiger partial charge in [-0.1, -0.05) is 109 Å². The summed E-state index contributed by atoms with van der Waals surface area (Å²) in [5.74, 6) is 0.490. The highest BCUT2D eigenvalue weighted by molar-refractivity contribution is 7.99. The van der Waals surface area contributed by atoms with Crippen LogP contribution in [-0.2, 0) is 26.8 Å². The van der Waals surface area contributed by atoms with Crippen LogP contribution in [0.4, 0.5) is 0 Å². The Bertz CT molecular complexity index is 1160. The summed E-state index contributed by atoms with van der Waals surface area (Å²) >= 11 is 1.56. The number of fused-ring (bicyclic) bond motifs is 1. The Morgan fingerprint density at radius 3 is 1.79 bits per heavy atom. The summed E-state index contributed by atoms with van der Waals surface area (Å²) in [6, 6.07) is 4.19. The third-order valence-electron chi connectivity index (χ3n) is 6.75. The van der Waals surface area contributed by atoms with Gasteiger partial charge in [-0.25, -0.2) is 4.98 Å². The lowest BCUT2D eigenvalue weighted by atomic mass is 10.0. The molecule has 0 amide bonds. The van der Waals surface area contributed by atoms with Gasteiger partial charge in [0.15, 0.2) is 5.16 Å². The van der Waals surface area contributed by atoms with E-state index in [4.69, 9.17) is 4.55 Å². The van der Waals surface area contributed by atoms with Crippen molar-refractivity contribution in [3.05, 3.63) is 18.2 Å². The largest absolute Gasteiger partial charge is 0.319 e. The van der Waals surface area contributed by atoms with Crippen LogP contribution in [0.1, 0.15) is 110 Å². The lowest BCUT2D eigenvalue weighted by molar-refractivity contribution is 0.476. The highest BCUT2D eigenvalue weighted by Gasteiger charge is 2.16. The van der Waals surface area contributed by atoms with Gasteiger partial charge >= 0.3 is 0 Å². The second kappa shape index (κ2) is 17.5. The van der Waals surface area contributed by atoms with Crippen LogP contribution in [0.25, 0.3) is 11.0 Å². The molecule has 0 atom stereocenters. The molecule has 2 rings (SSSR count). The quantitative estimate of drug-likeness (QED) is 0.0819. The lowest BCUT2D eigenvalue weighted by Crippen LogP contribution is -2.09. The Morgan fingerprint density at radius 1 is 0.763 bits per heavy atom. The zero-order valence-corrected chi connectivity index (χ0v) is 25.3. The summed E-state index contributed by atoms with van der Waals surface area (Å²) in [7, 11) is -8.41. The van der Waals surface area contributed by atoms with E-state index in [1.807, 2.05) is 4.57 Å². The van der Waals surface area contributed by atoms with Crippen molar-refractivity contribution in [1.29, 1.82) is 0 Å². The number of rotatable bonds is 22. The Morgan fingerprint density at radius 2 is 1.29 bits per heavy atom. The number of hydrogen-bond acceptors (Lipinski definition) is 6. The fourth-order valence-corrected chi connectivity index (χ4v) is 6.65. The van der Waals surface area contributed by atoms with Crippen LogP contribution >= 0.6 is 11.8 Å². The molecule has 0 spiro atoms.